The highest BCUT2D eigenvalue weighted by Crippen LogP contribution is 2.17. The predicted octanol–water partition coefficient (Wildman–Crippen LogP) is 1.33. The number of nitrogens with zero attached hydrogens (tertiary/aromatic N) is 3. The molecule has 1 aliphatic rings. The summed E-state index contributed by atoms with van der Waals surface area (Å²) in [5, 5.41) is 14.0. The van der Waals surface area contributed by atoms with Gasteiger partial charge in [0.2, 0.25) is 5.91 Å². The van der Waals surface area contributed by atoms with Crippen LogP contribution in [0, 0.1) is 12.8 Å². The van der Waals surface area contributed by atoms with E-state index in [9.17, 15) is 4.79 Å². The van der Waals surface area contributed by atoms with Crippen LogP contribution in [-0.2, 0) is 11.3 Å². The van der Waals surface area contributed by atoms with E-state index in [1.54, 1.807) is 6.33 Å². The smallest absolute Gasteiger partial charge is 0.220 e. The fourth-order valence-corrected chi connectivity index (χ4v) is 2.44. The molecule has 1 fully saturated rings. The third kappa shape index (κ3) is 7.11. The van der Waals surface area contributed by atoms with Crippen LogP contribution in [0.2, 0.25) is 0 Å². The summed E-state index contributed by atoms with van der Waals surface area (Å²) in [4.78, 5) is 11.7. The Kier molecular flexibility index (Phi) is 10.4. The van der Waals surface area contributed by atoms with Crippen molar-refractivity contribution in [2.45, 2.75) is 39.2 Å². The number of rotatable bonds is 6. The highest BCUT2D eigenvalue weighted by Gasteiger charge is 2.14. The van der Waals surface area contributed by atoms with Gasteiger partial charge in [0.05, 0.1) is 0 Å². The first-order valence-electron chi connectivity index (χ1n) is 7.07. The molecule has 6 nitrogen and oxygen atoms in total. The Labute approximate surface area is 138 Å². The normalized spacial score (nSPS) is 14.9. The molecule has 0 saturated carbocycles. The highest BCUT2D eigenvalue weighted by molar-refractivity contribution is 5.85. The van der Waals surface area contributed by atoms with E-state index in [-0.39, 0.29) is 30.7 Å². The molecule has 2 rings (SSSR count). The summed E-state index contributed by atoms with van der Waals surface area (Å²) < 4.78 is 1.94. The van der Waals surface area contributed by atoms with Crippen LogP contribution in [0.4, 0.5) is 0 Å². The van der Waals surface area contributed by atoms with Crippen molar-refractivity contribution in [2.75, 3.05) is 19.6 Å². The molecule has 1 amide bonds. The summed E-state index contributed by atoms with van der Waals surface area (Å²) in [5.74, 6) is 1.75. The van der Waals surface area contributed by atoms with Crippen molar-refractivity contribution in [3.8, 4) is 0 Å². The SMILES string of the molecule is Cc1nncn1CCNC(=O)CCC1CCNCC1.Cl.Cl. The molecule has 8 heteroatoms. The second-order valence-electron chi connectivity index (χ2n) is 5.15. The zero-order valence-electron chi connectivity index (χ0n) is 12.4. The van der Waals surface area contributed by atoms with Crippen LogP contribution >= 0.6 is 24.8 Å². The number of amides is 1. The van der Waals surface area contributed by atoms with Crippen LogP contribution < -0.4 is 10.6 Å². The number of nitrogens with one attached hydrogen (secondary N) is 2. The fourth-order valence-electron chi connectivity index (χ4n) is 2.44. The standard InChI is InChI=1S/C13H23N5O.2ClH/c1-11-17-16-10-18(11)9-8-15-13(19)3-2-12-4-6-14-7-5-12;;/h10,12,14H,2-9H2,1H3,(H,15,19);2*1H. The van der Waals surface area contributed by atoms with E-state index in [2.05, 4.69) is 20.8 Å². The summed E-state index contributed by atoms with van der Waals surface area (Å²) in [6.45, 7) is 5.48. The Morgan fingerprint density at radius 3 is 2.76 bits per heavy atom. The Hall–Kier alpha value is -0.850. The largest absolute Gasteiger partial charge is 0.354 e. The summed E-state index contributed by atoms with van der Waals surface area (Å²) in [5.41, 5.74) is 0. The highest BCUT2D eigenvalue weighted by atomic mass is 35.5. The van der Waals surface area contributed by atoms with Crippen molar-refractivity contribution in [3.63, 3.8) is 0 Å². The molecule has 0 unspecified atom stereocenters. The first kappa shape index (κ1) is 20.1. The van der Waals surface area contributed by atoms with Crippen molar-refractivity contribution in [1.82, 2.24) is 25.4 Å². The topological polar surface area (TPSA) is 71.8 Å². The maximum atomic E-state index is 11.7. The lowest BCUT2D eigenvalue weighted by molar-refractivity contribution is -0.121. The molecule has 1 aliphatic heterocycles. The molecule has 0 aromatic carbocycles. The fraction of sp³-hybridized carbons (Fsp3) is 0.769. The van der Waals surface area contributed by atoms with Crippen LogP contribution in [0.5, 0.6) is 0 Å². The molecule has 0 atom stereocenters. The quantitative estimate of drug-likeness (QED) is 0.821. The Bertz CT molecular complexity index is 407. The van der Waals surface area contributed by atoms with Gasteiger partial charge in [0.1, 0.15) is 12.2 Å². The lowest BCUT2D eigenvalue weighted by atomic mass is 9.93. The number of halogens is 2. The molecule has 1 saturated heterocycles. The number of carbonyl (C=O) groups excluding carboxylic acids is 1. The number of aromatic nitrogens is 3. The number of hydrogen-bond acceptors (Lipinski definition) is 4. The Balaban J connectivity index is 0.00000200. The maximum absolute atomic E-state index is 11.7. The van der Waals surface area contributed by atoms with Gasteiger partial charge in [-0.3, -0.25) is 4.79 Å². The third-order valence-electron chi connectivity index (χ3n) is 3.72. The van der Waals surface area contributed by atoms with E-state index in [0.717, 1.165) is 31.9 Å². The Morgan fingerprint density at radius 1 is 1.43 bits per heavy atom. The molecule has 2 heterocycles. The third-order valence-corrected chi connectivity index (χ3v) is 3.72. The van der Waals surface area contributed by atoms with Gasteiger partial charge in [0.15, 0.2) is 0 Å². The van der Waals surface area contributed by atoms with Gasteiger partial charge >= 0.3 is 0 Å². The van der Waals surface area contributed by atoms with Crippen molar-refractivity contribution in [2.24, 2.45) is 5.92 Å². The molecular formula is C13H25Cl2N5O. The van der Waals surface area contributed by atoms with Gasteiger partial charge in [-0.15, -0.1) is 35.0 Å². The van der Waals surface area contributed by atoms with Gasteiger partial charge in [-0.05, 0) is 45.2 Å². The van der Waals surface area contributed by atoms with Gasteiger partial charge in [0.25, 0.3) is 0 Å². The van der Waals surface area contributed by atoms with E-state index in [1.807, 2.05) is 11.5 Å². The van der Waals surface area contributed by atoms with Gasteiger partial charge in [-0.2, -0.15) is 0 Å². The molecule has 2 N–H and O–H groups in total. The number of hydrogen-bond donors (Lipinski definition) is 2. The monoisotopic (exact) mass is 337 g/mol. The lowest BCUT2D eigenvalue weighted by Gasteiger charge is -2.22. The van der Waals surface area contributed by atoms with Crippen molar-refractivity contribution in [3.05, 3.63) is 12.2 Å². The molecule has 0 spiro atoms. The minimum absolute atomic E-state index is 0. The van der Waals surface area contributed by atoms with Crippen LogP contribution in [0.15, 0.2) is 6.33 Å². The van der Waals surface area contributed by atoms with Crippen molar-refractivity contribution >= 4 is 30.7 Å². The van der Waals surface area contributed by atoms with Crippen LogP contribution in [0.1, 0.15) is 31.5 Å². The molecule has 1 aromatic rings. The van der Waals surface area contributed by atoms with E-state index in [4.69, 9.17) is 0 Å². The Morgan fingerprint density at radius 2 is 2.14 bits per heavy atom. The average Bonchev–Trinajstić information content (AvgIpc) is 2.83. The minimum atomic E-state index is 0. The van der Waals surface area contributed by atoms with Gasteiger partial charge in [-0.25, -0.2) is 0 Å². The molecule has 0 radical (unpaired) electrons. The second-order valence-corrected chi connectivity index (χ2v) is 5.15. The zero-order chi connectivity index (χ0) is 13.5. The first-order valence-corrected chi connectivity index (χ1v) is 7.07. The second kappa shape index (κ2) is 10.8. The molecule has 0 aliphatic carbocycles. The summed E-state index contributed by atoms with van der Waals surface area (Å²) in [6.07, 6.45) is 5.75. The van der Waals surface area contributed by atoms with Crippen LogP contribution in [-0.4, -0.2) is 40.3 Å². The van der Waals surface area contributed by atoms with E-state index in [0.29, 0.717) is 18.9 Å². The first-order chi connectivity index (χ1) is 9.25. The predicted molar refractivity (Wildman–Crippen MR) is 87.1 cm³/mol. The zero-order valence-corrected chi connectivity index (χ0v) is 14.0. The summed E-state index contributed by atoms with van der Waals surface area (Å²) >= 11 is 0. The summed E-state index contributed by atoms with van der Waals surface area (Å²) in [6, 6.07) is 0. The van der Waals surface area contributed by atoms with E-state index >= 15 is 0 Å². The molecule has 0 bridgehead atoms. The lowest BCUT2D eigenvalue weighted by Crippen LogP contribution is -2.30. The van der Waals surface area contributed by atoms with Gasteiger partial charge in [0, 0.05) is 19.5 Å². The average molecular weight is 338 g/mol. The minimum Gasteiger partial charge on any atom is -0.354 e. The number of piperidine rings is 1. The van der Waals surface area contributed by atoms with Crippen LogP contribution in [0.3, 0.4) is 0 Å². The van der Waals surface area contributed by atoms with Gasteiger partial charge < -0.3 is 15.2 Å². The molecular weight excluding hydrogens is 313 g/mol. The van der Waals surface area contributed by atoms with Crippen LogP contribution in [0.25, 0.3) is 0 Å². The van der Waals surface area contributed by atoms with E-state index < -0.39 is 0 Å². The summed E-state index contributed by atoms with van der Waals surface area (Å²) in [7, 11) is 0. The number of carbonyl (C=O) groups is 1. The van der Waals surface area contributed by atoms with Gasteiger partial charge in [-0.1, -0.05) is 0 Å². The van der Waals surface area contributed by atoms with Crippen molar-refractivity contribution in [1.29, 1.82) is 0 Å². The molecule has 122 valence electrons. The molecule has 1 aromatic heterocycles. The molecule has 21 heavy (non-hydrogen) atoms. The number of aryl methyl sites for hydroxylation is 1. The maximum Gasteiger partial charge on any atom is 0.220 e. The van der Waals surface area contributed by atoms with Crippen molar-refractivity contribution < 1.29 is 4.79 Å². The van der Waals surface area contributed by atoms with E-state index in [1.165, 1.54) is 12.8 Å².